The van der Waals surface area contributed by atoms with Gasteiger partial charge in [0.2, 0.25) is 11.8 Å². The molecule has 1 N–H and O–H groups in total. The quantitative estimate of drug-likeness (QED) is 0.852. The van der Waals surface area contributed by atoms with Crippen molar-refractivity contribution in [2.75, 3.05) is 4.90 Å². The van der Waals surface area contributed by atoms with Gasteiger partial charge in [0.1, 0.15) is 0 Å². The summed E-state index contributed by atoms with van der Waals surface area (Å²) in [6.45, 7) is 0. The van der Waals surface area contributed by atoms with Crippen LogP contribution >= 0.6 is 0 Å². The van der Waals surface area contributed by atoms with Gasteiger partial charge in [-0.25, -0.2) is 4.79 Å². The van der Waals surface area contributed by atoms with Crippen molar-refractivity contribution in [1.82, 2.24) is 0 Å². The first kappa shape index (κ1) is 14.8. The molecule has 1 aliphatic carbocycles. The molecule has 1 saturated carbocycles. The smallest absolute Gasteiger partial charge is 0.335 e. The van der Waals surface area contributed by atoms with Crippen LogP contribution in [0.5, 0.6) is 0 Å². The molecule has 2 aliphatic rings. The summed E-state index contributed by atoms with van der Waals surface area (Å²) in [6.07, 6.45) is 6.07. The summed E-state index contributed by atoms with van der Waals surface area (Å²) in [5.74, 6) is -1.30. The third-order valence-corrected chi connectivity index (χ3v) is 4.83. The van der Waals surface area contributed by atoms with Crippen LogP contribution in [-0.2, 0) is 9.59 Å². The highest BCUT2D eigenvalue weighted by molar-refractivity contribution is 6.22. The predicted molar refractivity (Wildman–Crippen MR) is 80.6 cm³/mol. The number of hydrogen-bond donors (Lipinski definition) is 1. The number of carboxylic acids is 1. The molecule has 1 aromatic carbocycles. The highest BCUT2D eigenvalue weighted by Crippen LogP contribution is 2.45. The Morgan fingerprint density at radius 1 is 1.00 bits per heavy atom. The minimum absolute atomic E-state index is 0.109. The fraction of sp³-hybridized carbons (Fsp3) is 0.471. The summed E-state index contributed by atoms with van der Waals surface area (Å²) >= 11 is 0. The number of hydrogen-bond acceptors (Lipinski definition) is 3. The van der Waals surface area contributed by atoms with Crippen molar-refractivity contribution >= 4 is 23.5 Å². The lowest BCUT2D eigenvalue weighted by Gasteiger charge is -2.25. The van der Waals surface area contributed by atoms with E-state index < -0.39 is 11.4 Å². The zero-order chi connectivity index (χ0) is 15.7. The van der Waals surface area contributed by atoms with E-state index in [1.54, 1.807) is 0 Å². The topological polar surface area (TPSA) is 74.7 Å². The first-order valence-corrected chi connectivity index (χ1v) is 7.74. The second-order valence-corrected chi connectivity index (χ2v) is 6.26. The van der Waals surface area contributed by atoms with E-state index >= 15 is 0 Å². The van der Waals surface area contributed by atoms with Crippen LogP contribution in [0.3, 0.4) is 0 Å². The monoisotopic (exact) mass is 301 g/mol. The first-order chi connectivity index (χ1) is 10.5. The molecule has 1 saturated heterocycles. The maximum Gasteiger partial charge on any atom is 0.335 e. The summed E-state index contributed by atoms with van der Waals surface area (Å²) in [5, 5.41) is 8.93. The van der Waals surface area contributed by atoms with Crippen molar-refractivity contribution in [3.05, 3.63) is 29.8 Å². The van der Waals surface area contributed by atoms with E-state index in [2.05, 4.69) is 0 Å². The van der Waals surface area contributed by atoms with E-state index in [0.29, 0.717) is 5.69 Å². The molecule has 1 aromatic rings. The number of imide groups is 1. The molecule has 0 bridgehead atoms. The number of carbonyl (C=O) groups is 3. The van der Waals surface area contributed by atoms with Gasteiger partial charge < -0.3 is 5.11 Å². The lowest BCUT2D eigenvalue weighted by molar-refractivity contribution is -0.126. The second kappa shape index (κ2) is 5.55. The second-order valence-electron chi connectivity index (χ2n) is 6.26. The van der Waals surface area contributed by atoms with Crippen molar-refractivity contribution in [3.8, 4) is 0 Å². The Hall–Kier alpha value is -2.17. The van der Waals surface area contributed by atoms with Crippen molar-refractivity contribution in [2.24, 2.45) is 5.41 Å². The zero-order valence-corrected chi connectivity index (χ0v) is 12.4. The maximum absolute atomic E-state index is 12.9. The number of aromatic carboxylic acids is 1. The van der Waals surface area contributed by atoms with Gasteiger partial charge in [0.15, 0.2) is 0 Å². The Labute approximate surface area is 128 Å². The molecular formula is C17H19NO4. The molecule has 0 unspecified atom stereocenters. The molecule has 1 heterocycles. The van der Waals surface area contributed by atoms with Crippen LogP contribution in [0.4, 0.5) is 5.69 Å². The van der Waals surface area contributed by atoms with Gasteiger partial charge in [-0.05, 0) is 37.1 Å². The van der Waals surface area contributed by atoms with Gasteiger partial charge in [0.05, 0.1) is 16.7 Å². The number of carboxylic acid groups (broad SMARTS) is 1. The SMILES string of the molecule is O=C(O)c1ccc(N2C(=O)CC3(CCCCCC3)C2=O)cc1. The molecule has 5 nitrogen and oxygen atoms in total. The summed E-state index contributed by atoms with van der Waals surface area (Å²) in [4.78, 5) is 37.4. The molecule has 5 heteroatoms. The Morgan fingerprint density at radius 3 is 2.14 bits per heavy atom. The fourth-order valence-electron chi connectivity index (χ4n) is 3.60. The summed E-state index contributed by atoms with van der Waals surface area (Å²) < 4.78 is 0. The lowest BCUT2D eigenvalue weighted by atomic mass is 9.79. The fourth-order valence-corrected chi connectivity index (χ4v) is 3.60. The molecule has 116 valence electrons. The molecule has 22 heavy (non-hydrogen) atoms. The molecule has 0 atom stereocenters. The van der Waals surface area contributed by atoms with Gasteiger partial charge in [-0.15, -0.1) is 0 Å². The summed E-state index contributed by atoms with van der Waals surface area (Å²) in [5.41, 5.74) is 0.0899. The molecule has 0 aromatic heterocycles. The normalized spacial score (nSPS) is 21.2. The van der Waals surface area contributed by atoms with Gasteiger partial charge in [-0.3, -0.25) is 14.5 Å². The largest absolute Gasteiger partial charge is 0.478 e. The van der Waals surface area contributed by atoms with E-state index in [4.69, 9.17) is 5.11 Å². The Morgan fingerprint density at radius 2 is 1.59 bits per heavy atom. The third-order valence-electron chi connectivity index (χ3n) is 4.83. The van der Waals surface area contributed by atoms with Crippen LogP contribution in [0, 0.1) is 5.41 Å². The summed E-state index contributed by atoms with van der Waals surface area (Å²) in [6, 6.07) is 5.93. The van der Waals surface area contributed by atoms with Crippen LogP contribution in [-0.4, -0.2) is 22.9 Å². The van der Waals surface area contributed by atoms with Crippen molar-refractivity contribution in [2.45, 2.75) is 44.9 Å². The van der Waals surface area contributed by atoms with E-state index in [-0.39, 0.29) is 23.8 Å². The first-order valence-electron chi connectivity index (χ1n) is 7.74. The number of benzene rings is 1. The van der Waals surface area contributed by atoms with E-state index in [1.165, 1.54) is 29.2 Å². The van der Waals surface area contributed by atoms with Crippen LogP contribution < -0.4 is 4.90 Å². The van der Waals surface area contributed by atoms with Crippen molar-refractivity contribution in [1.29, 1.82) is 0 Å². The van der Waals surface area contributed by atoms with Crippen LogP contribution in [0.15, 0.2) is 24.3 Å². The van der Waals surface area contributed by atoms with Crippen LogP contribution in [0.1, 0.15) is 55.3 Å². The Bertz CT molecular complexity index is 612. The molecule has 2 fully saturated rings. The lowest BCUT2D eigenvalue weighted by Crippen LogP contribution is -2.35. The molecule has 1 spiro atoms. The van der Waals surface area contributed by atoms with Crippen LogP contribution in [0.2, 0.25) is 0 Å². The Balaban J connectivity index is 1.89. The minimum atomic E-state index is -1.02. The highest BCUT2D eigenvalue weighted by Gasteiger charge is 2.51. The van der Waals surface area contributed by atoms with Gasteiger partial charge in [0.25, 0.3) is 0 Å². The molecule has 1 aliphatic heterocycles. The van der Waals surface area contributed by atoms with Gasteiger partial charge in [0, 0.05) is 6.42 Å². The molecule has 2 amide bonds. The van der Waals surface area contributed by atoms with Crippen molar-refractivity contribution < 1.29 is 19.5 Å². The molecular weight excluding hydrogens is 282 g/mol. The van der Waals surface area contributed by atoms with Gasteiger partial charge >= 0.3 is 5.97 Å². The number of nitrogens with zero attached hydrogens (tertiary/aromatic N) is 1. The average Bonchev–Trinajstić information content (AvgIpc) is 2.67. The van der Waals surface area contributed by atoms with E-state index in [1.807, 2.05) is 0 Å². The van der Waals surface area contributed by atoms with E-state index in [9.17, 15) is 14.4 Å². The average molecular weight is 301 g/mol. The zero-order valence-electron chi connectivity index (χ0n) is 12.4. The van der Waals surface area contributed by atoms with Gasteiger partial charge in [-0.2, -0.15) is 0 Å². The number of anilines is 1. The van der Waals surface area contributed by atoms with Crippen LogP contribution in [0.25, 0.3) is 0 Å². The number of carbonyl (C=O) groups excluding carboxylic acids is 2. The summed E-state index contributed by atoms with van der Waals surface area (Å²) in [7, 11) is 0. The van der Waals surface area contributed by atoms with Crippen molar-refractivity contribution in [3.63, 3.8) is 0 Å². The number of rotatable bonds is 2. The highest BCUT2D eigenvalue weighted by atomic mass is 16.4. The van der Waals surface area contributed by atoms with E-state index in [0.717, 1.165) is 38.5 Å². The Kier molecular flexibility index (Phi) is 3.72. The standard InChI is InChI=1S/C17H19NO4/c19-14-11-17(9-3-1-2-4-10-17)16(22)18(14)13-7-5-12(6-8-13)15(20)21/h5-8H,1-4,9-11H2,(H,20,21). The predicted octanol–water partition coefficient (Wildman–Crippen LogP) is 2.99. The maximum atomic E-state index is 12.9. The molecule has 0 radical (unpaired) electrons. The van der Waals surface area contributed by atoms with Gasteiger partial charge in [-0.1, -0.05) is 25.7 Å². The minimum Gasteiger partial charge on any atom is -0.478 e. The third kappa shape index (κ3) is 2.40. The molecule has 3 rings (SSSR count). The number of amides is 2.